The zero-order chi connectivity index (χ0) is 11.4. The number of hydrogen-bond donors (Lipinski definition) is 2. The van der Waals surface area contributed by atoms with E-state index in [4.69, 9.17) is 5.73 Å². The molecule has 0 saturated heterocycles. The van der Waals surface area contributed by atoms with Crippen molar-refractivity contribution in [3.05, 3.63) is 36.2 Å². The van der Waals surface area contributed by atoms with Gasteiger partial charge in [0.25, 0.3) is 0 Å². The zero-order valence-corrected chi connectivity index (χ0v) is 9.35. The van der Waals surface area contributed by atoms with Gasteiger partial charge in [0, 0.05) is 31.5 Å². The Morgan fingerprint density at radius 2 is 2.00 bits per heavy atom. The van der Waals surface area contributed by atoms with Crippen LogP contribution in [0.2, 0.25) is 0 Å². The molecule has 1 aromatic carbocycles. The second-order valence-electron chi connectivity index (χ2n) is 3.90. The average Bonchev–Trinajstić information content (AvgIpc) is 2.35. The number of nitrogens with two attached hydrogens (primary N) is 1. The summed E-state index contributed by atoms with van der Waals surface area (Å²) in [6, 6.07) is 6.44. The third kappa shape index (κ3) is 2.53. The molecule has 16 heavy (non-hydrogen) atoms. The molecule has 3 N–H and O–H groups in total. The van der Waals surface area contributed by atoms with Gasteiger partial charge in [-0.1, -0.05) is 6.07 Å². The van der Waals surface area contributed by atoms with E-state index >= 15 is 0 Å². The molecule has 4 nitrogen and oxygen atoms in total. The molecule has 0 radical (unpaired) electrons. The van der Waals surface area contributed by atoms with Crippen LogP contribution in [0, 0.1) is 0 Å². The third-order valence-corrected chi connectivity index (χ3v) is 2.54. The monoisotopic (exact) mass is 216 g/mol. The standard InChI is InChI=1S/C12H16N4/c1-9(7-13)16-8-10-2-3-11-12(6-10)15-5-4-14-11/h2-6,9,16H,7-8,13H2,1H3/t9-/m1/s1. The van der Waals surface area contributed by atoms with Crippen molar-refractivity contribution in [1.29, 1.82) is 0 Å². The van der Waals surface area contributed by atoms with Crippen LogP contribution in [0.1, 0.15) is 12.5 Å². The van der Waals surface area contributed by atoms with Gasteiger partial charge >= 0.3 is 0 Å². The minimum absolute atomic E-state index is 0.331. The molecular formula is C12H16N4. The van der Waals surface area contributed by atoms with E-state index in [1.165, 1.54) is 5.56 Å². The van der Waals surface area contributed by atoms with Crippen molar-refractivity contribution in [2.24, 2.45) is 5.73 Å². The van der Waals surface area contributed by atoms with Gasteiger partial charge in [-0.15, -0.1) is 0 Å². The summed E-state index contributed by atoms with van der Waals surface area (Å²) in [5, 5.41) is 3.34. The second-order valence-corrected chi connectivity index (χ2v) is 3.90. The Kier molecular flexibility index (Phi) is 3.44. The first-order valence-electron chi connectivity index (χ1n) is 5.42. The van der Waals surface area contributed by atoms with Crippen molar-refractivity contribution < 1.29 is 0 Å². The largest absolute Gasteiger partial charge is 0.329 e. The summed E-state index contributed by atoms with van der Waals surface area (Å²) in [6.07, 6.45) is 3.42. The Morgan fingerprint density at radius 3 is 2.75 bits per heavy atom. The summed E-state index contributed by atoms with van der Waals surface area (Å²) < 4.78 is 0. The Balaban J connectivity index is 2.13. The molecule has 1 aromatic heterocycles. The lowest BCUT2D eigenvalue weighted by atomic mass is 10.2. The fourth-order valence-corrected chi connectivity index (χ4v) is 1.49. The number of hydrogen-bond acceptors (Lipinski definition) is 4. The van der Waals surface area contributed by atoms with Gasteiger partial charge in [0.15, 0.2) is 0 Å². The molecule has 84 valence electrons. The molecule has 2 rings (SSSR count). The van der Waals surface area contributed by atoms with Crippen molar-refractivity contribution in [1.82, 2.24) is 15.3 Å². The van der Waals surface area contributed by atoms with E-state index in [-0.39, 0.29) is 0 Å². The van der Waals surface area contributed by atoms with Crippen molar-refractivity contribution in [3.63, 3.8) is 0 Å². The SMILES string of the molecule is C[C@H](CN)NCc1ccc2nccnc2c1. The lowest BCUT2D eigenvalue weighted by Gasteiger charge is -2.11. The Labute approximate surface area is 94.9 Å². The summed E-state index contributed by atoms with van der Waals surface area (Å²) in [7, 11) is 0. The van der Waals surface area contributed by atoms with Crippen molar-refractivity contribution in [2.45, 2.75) is 19.5 Å². The topological polar surface area (TPSA) is 63.8 Å². The highest BCUT2D eigenvalue weighted by Crippen LogP contribution is 2.10. The van der Waals surface area contributed by atoms with Crippen LogP contribution < -0.4 is 11.1 Å². The molecule has 0 fully saturated rings. The molecule has 0 spiro atoms. The molecule has 0 amide bonds. The Hall–Kier alpha value is -1.52. The normalized spacial score (nSPS) is 12.9. The van der Waals surface area contributed by atoms with Crippen LogP contribution in [0.25, 0.3) is 11.0 Å². The summed E-state index contributed by atoms with van der Waals surface area (Å²) in [5.41, 5.74) is 8.61. The van der Waals surface area contributed by atoms with Gasteiger partial charge in [0.1, 0.15) is 0 Å². The fraction of sp³-hybridized carbons (Fsp3) is 0.333. The van der Waals surface area contributed by atoms with Gasteiger partial charge in [-0.3, -0.25) is 9.97 Å². The van der Waals surface area contributed by atoms with E-state index in [0.717, 1.165) is 17.6 Å². The maximum absolute atomic E-state index is 5.54. The lowest BCUT2D eigenvalue weighted by molar-refractivity contribution is 0.556. The van der Waals surface area contributed by atoms with E-state index in [9.17, 15) is 0 Å². The van der Waals surface area contributed by atoms with Gasteiger partial charge in [-0.2, -0.15) is 0 Å². The Bertz CT molecular complexity index is 469. The lowest BCUT2D eigenvalue weighted by Crippen LogP contribution is -2.32. The number of rotatable bonds is 4. The predicted octanol–water partition coefficient (Wildman–Crippen LogP) is 1.07. The van der Waals surface area contributed by atoms with Gasteiger partial charge in [0.05, 0.1) is 11.0 Å². The molecule has 0 aliphatic rings. The highest BCUT2D eigenvalue weighted by Gasteiger charge is 2.00. The summed E-state index contributed by atoms with van der Waals surface area (Å²) in [6.45, 7) is 3.53. The minimum Gasteiger partial charge on any atom is -0.329 e. The minimum atomic E-state index is 0.331. The van der Waals surface area contributed by atoms with Crippen LogP contribution in [0.5, 0.6) is 0 Å². The third-order valence-electron chi connectivity index (χ3n) is 2.54. The van der Waals surface area contributed by atoms with E-state index in [1.54, 1.807) is 12.4 Å². The number of aromatic nitrogens is 2. The van der Waals surface area contributed by atoms with Crippen LogP contribution >= 0.6 is 0 Å². The molecular weight excluding hydrogens is 200 g/mol. The second kappa shape index (κ2) is 5.01. The van der Waals surface area contributed by atoms with Crippen LogP contribution in [0.4, 0.5) is 0 Å². The smallest absolute Gasteiger partial charge is 0.0890 e. The number of benzene rings is 1. The van der Waals surface area contributed by atoms with Crippen molar-refractivity contribution in [3.8, 4) is 0 Å². The first kappa shape index (κ1) is 11.0. The Morgan fingerprint density at radius 1 is 1.25 bits per heavy atom. The van der Waals surface area contributed by atoms with E-state index < -0.39 is 0 Å². The van der Waals surface area contributed by atoms with Gasteiger partial charge in [-0.25, -0.2) is 0 Å². The molecule has 0 aliphatic heterocycles. The zero-order valence-electron chi connectivity index (χ0n) is 9.35. The summed E-state index contributed by atoms with van der Waals surface area (Å²) >= 11 is 0. The van der Waals surface area contributed by atoms with Crippen LogP contribution in [0.3, 0.4) is 0 Å². The molecule has 0 aliphatic carbocycles. The molecule has 1 atom stereocenters. The maximum atomic E-state index is 5.54. The van der Waals surface area contributed by atoms with E-state index in [1.807, 2.05) is 6.07 Å². The highest BCUT2D eigenvalue weighted by atomic mass is 14.9. The quantitative estimate of drug-likeness (QED) is 0.802. The fourth-order valence-electron chi connectivity index (χ4n) is 1.49. The number of nitrogens with zero attached hydrogens (tertiary/aromatic N) is 2. The molecule has 0 bridgehead atoms. The first-order chi connectivity index (χ1) is 7.79. The van der Waals surface area contributed by atoms with Crippen LogP contribution in [-0.2, 0) is 6.54 Å². The molecule has 1 heterocycles. The number of nitrogens with one attached hydrogen (secondary N) is 1. The van der Waals surface area contributed by atoms with Gasteiger partial charge in [0.2, 0.25) is 0 Å². The molecule has 2 aromatic rings. The first-order valence-corrected chi connectivity index (χ1v) is 5.42. The predicted molar refractivity (Wildman–Crippen MR) is 64.9 cm³/mol. The molecule has 0 unspecified atom stereocenters. The maximum Gasteiger partial charge on any atom is 0.0890 e. The van der Waals surface area contributed by atoms with Crippen molar-refractivity contribution in [2.75, 3.05) is 6.54 Å². The average molecular weight is 216 g/mol. The highest BCUT2D eigenvalue weighted by molar-refractivity contribution is 5.74. The van der Waals surface area contributed by atoms with Gasteiger partial charge < -0.3 is 11.1 Å². The molecule has 0 saturated carbocycles. The van der Waals surface area contributed by atoms with E-state index in [0.29, 0.717) is 12.6 Å². The van der Waals surface area contributed by atoms with E-state index in [2.05, 4.69) is 34.3 Å². The summed E-state index contributed by atoms with van der Waals surface area (Å²) in [5.74, 6) is 0. The van der Waals surface area contributed by atoms with Crippen LogP contribution in [-0.4, -0.2) is 22.6 Å². The summed E-state index contributed by atoms with van der Waals surface area (Å²) in [4.78, 5) is 8.50. The van der Waals surface area contributed by atoms with Gasteiger partial charge in [-0.05, 0) is 24.6 Å². The molecule has 4 heteroatoms. The number of fused-ring (bicyclic) bond motifs is 1. The van der Waals surface area contributed by atoms with Crippen molar-refractivity contribution >= 4 is 11.0 Å². The van der Waals surface area contributed by atoms with Crippen LogP contribution in [0.15, 0.2) is 30.6 Å².